The van der Waals surface area contributed by atoms with Gasteiger partial charge in [-0.1, -0.05) is 30.3 Å². The van der Waals surface area contributed by atoms with Crippen LogP contribution in [0.15, 0.2) is 48.5 Å². The minimum atomic E-state index is -0.187. The summed E-state index contributed by atoms with van der Waals surface area (Å²) in [6.07, 6.45) is 2.02. The molecule has 0 unspecified atom stereocenters. The molecular weight excluding hydrogens is 253 g/mol. The number of hydrogen-bond acceptors (Lipinski definition) is 2. The third-order valence-electron chi connectivity index (χ3n) is 3.95. The van der Waals surface area contributed by atoms with Gasteiger partial charge >= 0.3 is 0 Å². The molecule has 1 fully saturated rings. The van der Waals surface area contributed by atoms with Crippen molar-refractivity contribution in [2.24, 2.45) is 0 Å². The molecule has 1 aliphatic rings. The molecule has 0 aliphatic heterocycles. The molecule has 0 heterocycles. The second-order valence-corrected chi connectivity index (χ2v) is 5.23. The number of nitrogens with one attached hydrogen (secondary N) is 1. The van der Waals surface area contributed by atoms with Crippen LogP contribution in [0.5, 0.6) is 5.75 Å². The summed E-state index contributed by atoms with van der Waals surface area (Å²) in [6, 6.07) is 15.3. The summed E-state index contributed by atoms with van der Waals surface area (Å²) in [4.78, 5) is 0. The molecule has 0 saturated heterocycles. The van der Waals surface area contributed by atoms with Crippen LogP contribution in [0.4, 0.5) is 10.1 Å². The standard InChI is InChI=1S/C17H18FNO/c1-20-17-9-5-2-6-14(17)12-10-13(11-12)19-16-8-4-3-7-15(16)18/h2-9,12-13,19H,10-11H2,1H3. The second kappa shape index (κ2) is 5.53. The number of halogens is 1. The van der Waals surface area contributed by atoms with E-state index in [9.17, 15) is 4.39 Å². The van der Waals surface area contributed by atoms with Crippen LogP contribution in [0.1, 0.15) is 24.3 Å². The van der Waals surface area contributed by atoms with E-state index in [-0.39, 0.29) is 5.82 Å². The molecular formula is C17H18FNO. The van der Waals surface area contributed by atoms with Gasteiger partial charge in [-0.25, -0.2) is 4.39 Å². The zero-order chi connectivity index (χ0) is 13.9. The van der Waals surface area contributed by atoms with Gasteiger partial charge in [0.05, 0.1) is 12.8 Å². The molecule has 1 aliphatic carbocycles. The summed E-state index contributed by atoms with van der Waals surface area (Å²) in [6.45, 7) is 0. The minimum Gasteiger partial charge on any atom is -0.496 e. The van der Waals surface area contributed by atoms with E-state index in [4.69, 9.17) is 4.74 Å². The van der Waals surface area contributed by atoms with E-state index in [0.29, 0.717) is 17.6 Å². The Morgan fingerprint density at radius 1 is 1.05 bits per heavy atom. The third kappa shape index (κ3) is 2.48. The van der Waals surface area contributed by atoms with E-state index in [1.807, 2.05) is 24.3 Å². The summed E-state index contributed by atoms with van der Waals surface area (Å²) in [7, 11) is 1.70. The zero-order valence-electron chi connectivity index (χ0n) is 11.5. The van der Waals surface area contributed by atoms with Gasteiger partial charge in [-0.2, -0.15) is 0 Å². The molecule has 2 aromatic carbocycles. The lowest BCUT2D eigenvalue weighted by molar-refractivity contribution is 0.349. The molecule has 2 nitrogen and oxygen atoms in total. The van der Waals surface area contributed by atoms with E-state index in [1.54, 1.807) is 19.2 Å². The van der Waals surface area contributed by atoms with Gasteiger partial charge in [0.15, 0.2) is 0 Å². The molecule has 0 bridgehead atoms. The maximum absolute atomic E-state index is 13.6. The summed E-state index contributed by atoms with van der Waals surface area (Å²) in [5.41, 5.74) is 1.84. The fraction of sp³-hybridized carbons (Fsp3) is 0.294. The van der Waals surface area contributed by atoms with Gasteiger partial charge in [-0.15, -0.1) is 0 Å². The van der Waals surface area contributed by atoms with Crippen LogP contribution < -0.4 is 10.1 Å². The molecule has 104 valence electrons. The van der Waals surface area contributed by atoms with Crippen LogP contribution in [-0.4, -0.2) is 13.2 Å². The van der Waals surface area contributed by atoms with Crippen molar-refractivity contribution in [1.82, 2.24) is 0 Å². The van der Waals surface area contributed by atoms with Gasteiger partial charge in [0.2, 0.25) is 0 Å². The van der Waals surface area contributed by atoms with E-state index in [2.05, 4.69) is 11.4 Å². The van der Waals surface area contributed by atoms with Crippen molar-refractivity contribution < 1.29 is 9.13 Å². The summed E-state index contributed by atoms with van der Waals surface area (Å²) in [5.74, 6) is 1.26. The molecule has 3 heteroatoms. The van der Waals surface area contributed by atoms with Gasteiger partial charge < -0.3 is 10.1 Å². The first-order chi connectivity index (χ1) is 9.78. The summed E-state index contributed by atoms with van der Waals surface area (Å²) >= 11 is 0. The molecule has 0 radical (unpaired) electrons. The normalized spacial score (nSPS) is 21.1. The molecule has 0 aromatic heterocycles. The van der Waals surface area contributed by atoms with Crippen molar-refractivity contribution in [2.45, 2.75) is 24.8 Å². The van der Waals surface area contributed by atoms with Crippen molar-refractivity contribution >= 4 is 5.69 Å². The number of para-hydroxylation sites is 2. The van der Waals surface area contributed by atoms with Crippen LogP contribution in [-0.2, 0) is 0 Å². The maximum atomic E-state index is 13.6. The molecule has 0 atom stereocenters. The molecule has 0 amide bonds. The predicted molar refractivity (Wildman–Crippen MR) is 78.8 cm³/mol. The number of hydrogen-bond donors (Lipinski definition) is 1. The molecule has 1 N–H and O–H groups in total. The van der Waals surface area contributed by atoms with Crippen LogP contribution in [0.3, 0.4) is 0 Å². The highest BCUT2D eigenvalue weighted by Gasteiger charge is 2.32. The monoisotopic (exact) mass is 271 g/mol. The van der Waals surface area contributed by atoms with E-state index < -0.39 is 0 Å². The van der Waals surface area contributed by atoms with Crippen LogP contribution in [0, 0.1) is 5.82 Å². The third-order valence-corrected chi connectivity index (χ3v) is 3.95. The Labute approximate surface area is 118 Å². The SMILES string of the molecule is COc1ccccc1C1CC(Nc2ccccc2F)C1. The largest absolute Gasteiger partial charge is 0.496 e. The number of ether oxygens (including phenoxy) is 1. The van der Waals surface area contributed by atoms with Crippen LogP contribution in [0.2, 0.25) is 0 Å². The average molecular weight is 271 g/mol. The van der Waals surface area contributed by atoms with Crippen LogP contribution in [0.25, 0.3) is 0 Å². The Morgan fingerprint density at radius 2 is 1.75 bits per heavy atom. The van der Waals surface area contributed by atoms with Crippen molar-refractivity contribution in [3.8, 4) is 5.75 Å². The van der Waals surface area contributed by atoms with E-state index >= 15 is 0 Å². The second-order valence-electron chi connectivity index (χ2n) is 5.23. The van der Waals surface area contributed by atoms with Gasteiger partial charge in [-0.3, -0.25) is 0 Å². The first-order valence-electron chi connectivity index (χ1n) is 6.92. The Balaban J connectivity index is 1.63. The highest BCUT2D eigenvalue weighted by Crippen LogP contribution is 2.42. The first kappa shape index (κ1) is 13.0. The van der Waals surface area contributed by atoms with Crippen molar-refractivity contribution in [1.29, 1.82) is 0 Å². The highest BCUT2D eigenvalue weighted by atomic mass is 19.1. The number of rotatable bonds is 4. The topological polar surface area (TPSA) is 21.3 Å². The lowest BCUT2D eigenvalue weighted by Gasteiger charge is -2.37. The Hall–Kier alpha value is -2.03. The zero-order valence-corrected chi connectivity index (χ0v) is 11.5. The van der Waals surface area contributed by atoms with Gasteiger partial charge in [0.1, 0.15) is 11.6 Å². The molecule has 3 rings (SSSR count). The maximum Gasteiger partial charge on any atom is 0.146 e. The number of benzene rings is 2. The summed E-state index contributed by atoms with van der Waals surface area (Å²) < 4.78 is 19.0. The Kier molecular flexibility index (Phi) is 3.59. The van der Waals surface area contributed by atoms with Gasteiger partial charge in [0.25, 0.3) is 0 Å². The Morgan fingerprint density at radius 3 is 2.50 bits per heavy atom. The summed E-state index contributed by atoms with van der Waals surface area (Å²) in [5, 5.41) is 3.27. The minimum absolute atomic E-state index is 0.187. The lowest BCUT2D eigenvalue weighted by Crippen LogP contribution is -2.34. The lowest BCUT2D eigenvalue weighted by atomic mass is 9.75. The number of anilines is 1. The van der Waals surface area contributed by atoms with Crippen LogP contribution >= 0.6 is 0 Å². The fourth-order valence-corrected chi connectivity index (χ4v) is 2.79. The van der Waals surface area contributed by atoms with Gasteiger partial charge in [-0.05, 0) is 42.5 Å². The van der Waals surface area contributed by atoms with E-state index in [1.165, 1.54) is 11.6 Å². The quantitative estimate of drug-likeness (QED) is 0.900. The predicted octanol–water partition coefficient (Wildman–Crippen LogP) is 4.19. The van der Waals surface area contributed by atoms with Crippen molar-refractivity contribution in [2.75, 3.05) is 12.4 Å². The van der Waals surface area contributed by atoms with Crippen molar-refractivity contribution in [3.05, 3.63) is 59.9 Å². The van der Waals surface area contributed by atoms with Gasteiger partial charge in [0, 0.05) is 6.04 Å². The highest BCUT2D eigenvalue weighted by molar-refractivity contribution is 5.47. The van der Waals surface area contributed by atoms with E-state index in [0.717, 1.165) is 18.6 Å². The Bertz CT molecular complexity index is 593. The molecule has 2 aromatic rings. The average Bonchev–Trinajstić information content (AvgIpc) is 2.44. The number of methoxy groups -OCH3 is 1. The van der Waals surface area contributed by atoms with Crippen molar-refractivity contribution in [3.63, 3.8) is 0 Å². The molecule has 20 heavy (non-hydrogen) atoms. The smallest absolute Gasteiger partial charge is 0.146 e. The molecule has 0 spiro atoms. The first-order valence-corrected chi connectivity index (χ1v) is 6.92. The molecule has 1 saturated carbocycles. The fourth-order valence-electron chi connectivity index (χ4n) is 2.79.